The van der Waals surface area contributed by atoms with Crippen LogP contribution in [0.3, 0.4) is 0 Å². The Morgan fingerprint density at radius 1 is 0.917 bits per heavy atom. The van der Waals surface area contributed by atoms with Gasteiger partial charge in [-0.1, -0.05) is 60.2 Å². The zero-order chi connectivity index (χ0) is 25.5. The molecule has 4 aromatic carbocycles. The third-order valence-electron chi connectivity index (χ3n) is 8.09. The van der Waals surface area contributed by atoms with Crippen LogP contribution in [-0.4, -0.2) is 21.2 Å². The van der Waals surface area contributed by atoms with E-state index >= 15 is 0 Å². The molecule has 184 valence electrons. The number of aryl methyl sites for hydroxylation is 2. The topological polar surface area (TPSA) is 58.6 Å². The number of hydrogen-bond donors (Lipinski definition) is 1. The summed E-state index contributed by atoms with van der Waals surface area (Å²) < 4.78 is 36.8. The van der Waals surface area contributed by atoms with Gasteiger partial charge in [-0.2, -0.15) is 0 Å². The van der Waals surface area contributed by atoms with Gasteiger partial charge in [0.25, 0.3) is 10.0 Å². The van der Waals surface area contributed by atoms with Crippen LogP contribution >= 0.6 is 0 Å². The van der Waals surface area contributed by atoms with Crippen molar-refractivity contribution in [2.75, 3.05) is 16.7 Å². The molecule has 0 radical (unpaired) electrons. The molecular formula is C30H30N2O3S. The third-order valence-corrected chi connectivity index (χ3v) is 9.62. The molecule has 5 nitrogen and oxygen atoms in total. The van der Waals surface area contributed by atoms with Crippen LogP contribution in [0.5, 0.6) is 5.75 Å². The number of nitrogens with one attached hydrogen (secondary N) is 1. The molecule has 0 fully saturated rings. The first-order valence-electron chi connectivity index (χ1n) is 12.2. The summed E-state index contributed by atoms with van der Waals surface area (Å²) in [6.07, 6.45) is 0.642. The maximum absolute atomic E-state index is 13.5. The largest absolute Gasteiger partial charge is 0.466 e. The summed E-state index contributed by atoms with van der Waals surface area (Å²) in [4.78, 5) is 2.54. The first-order chi connectivity index (χ1) is 17.0. The van der Waals surface area contributed by atoms with E-state index in [0.29, 0.717) is 12.1 Å². The van der Waals surface area contributed by atoms with E-state index in [9.17, 15) is 8.42 Å². The summed E-state index contributed by atoms with van der Waals surface area (Å²) in [5, 5.41) is 1.72. The van der Waals surface area contributed by atoms with E-state index in [1.165, 1.54) is 5.56 Å². The minimum absolute atomic E-state index is 0.281. The first-order valence-corrected chi connectivity index (χ1v) is 13.7. The second-order valence-electron chi connectivity index (χ2n) is 10.6. The molecule has 36 heavy (non-hydrogen) atoms. The van der Waals surface area contributed by atoms with Crippen molar-refractivity contribution in [2.45, 2.75) is 50.2 Å². The van der Waals surface area contributed by atoms with Crippen molar-refractivity contribution < 1.29 is 13.2 Å². The predicted molar refractivity (Wildman–Crippen MR) is 146 cm³/mol. The van der Waals surface area contributed by atoms with E-state index in [2.05, 4.69) is 54.8 Å². The second-order valence-corrected chi connectivity index (χ2v) is 12.2. The minimum Gasteiger partial charge on any atom is -0.466 e. The summed E-state index contributed by atoms with van der Waals surface area (Å²) >= 11 is 0. The predicted octanol–water partition coefficient (Wildman–Crippen LogP) is 6.32. The van der Waals surface area contributed by atoms with Crippen molar-refractivity contribution in [2.24, 2.45) is 0 Å². The number of fused-ring (bicyclic) bond motifs is 4. The molecule has 0 saturated carbocycles. The molecule has 0 bridgehead atoms. The van der Waals surface area contributed by atoms with Crippen LogP contribution in [0.2, 0.25) is 0 Å². The fourth-order valence-electron chi connectivity index (χ4n) is 6.16. The lowest BCUT2D eigenvalue weighted by Crippen LogP contribution is -2.58. The lowest BCUT2D eigenvalue weighted by atomic mass is 9.76. The normalized spacial score (nSPS) is 19.9. The monoisotopic (exact) mass is 498 g/mol. The SMILES string of the molecule is Cc1ccc(S(=O)(=O)Nc2cc3c(c4ccccc24)OC2(C3)N(C)c3ccccc3C2(C)C)c(C)c1. The molecule has 1 atom stereocenters. The summed E-state index contributed by atoms with van der Waals surface area (Å²) in [7, 11) is -1.69. The van der Waals surface area contributed by atoms with Crippen molar-refractivity contribution in [3.05, 3.63) is 95.1 Å². The van der Waals surface area contributed by atoms with Crippen molar-refractivity contribution in [1.29, 1.82) is 0 Å². The van der Waals surface area contributed by atoms with Gasteiger partial charge in [-0.05, 0) is 57.0 Å². The second kappa shape index (κ2) is 7.50. The number of ether oxygens (including phenoxy) is 1. The van der Waals surface area contributed by atoms with Crippen LogP contribution in [0, 0.1) is 13.8 Å². The molecule has 0 saturated heterocycles. The summed E-state index contributed by atoms with van der Waals surface area (Å²) in [6, 6.07) is 23.7. The van der Waals surface area contributed by atoms with Gasteiger partial charge in [0.1, 0.15) is 5.75 Å². The Morgan fingerprint density at radius 2 is 1.61 bits per heavy atom. The van der Waals surface area contributed by atoms with Crippen LogP contribution in [0.15, 0.2) is 77.7 Å². The highest BCUT2D eigenvalue weighted by atomic mass is 32.2. The highest BCUT2D eigenvalue weighted by molar-refractivity contribution is 7.92. The lowest BCUT2D eigenvalue weighted by molar-refractivity contribution is 0.0362. The zero-order valence-electron chi connectivity index (χ0n) is 21.2. The van der Waals surface area contributed by atoms with Crippen LogP contribution in [0.25, 0.3) is 10.8 Å². The van der Waals surface area contributed by atoms with Gasteiger partial charge < -0.3 is 9.64 Å². The molecule has 2 aliphatic rings. The fraction of sp³-hybridized carbons (Fsp3) is 0.267. The van der Waals surface area contributed by atoms with Gasteiger partial charge >= 0.3 is 0 Å². The highest BCUT2D eigenvalue weighted by Gasteiger charge is 2.60. The Balaban J connectivity index is 1.48. The summed E-state index contributed by atoms with van der Waals surface area (Å²) in [5.41, 5.74) is 4.85. The Bertz CT molecular complexity index is 1660. The van der Waals surface area contributed by atoms with E-state index in [1.54, 1.807) is 6.07 Å². The summed E-state index contributed by atoms with van der Waals surface area (Å²) in [6.45, 7) is 8.25. The van der Waals surface area contributed by atoms with Gasteiger partial charge in [0.15, 0.2) is 5.72 Å². The lowest BCUT2D eigenvalue weighted by Gasteiger charge is -2.42. The van der Waals surface area contributed by atoms with Crippen molar-refractivity contribution in [3.63, 3.8) is 0 Å². The number of hydrogen-bond acceptors (Lipinski definition) is 4. The van der Waals surface area contributed by atoms with Crippen molar-refractivity contribution in [3.8, 4) is 5.75 Å². The number of para-hydroxylation sites is 1. The molecule has 2 aliphatic heterocycles. The van der Waals surface area contributed by atoms with E-state index < -0.39 is 15.7 Å². The number of anilines is 2. The number of nitrogens with zero attached hydrogens (tertiary/aromatic N) is 1. The van der Waals surface area contributed by atoms with Gasteiger partial charge in [-0.15, -0.1) is 0 Å². The smallest absolute Gasteiger partial charge is 0.262 e. The number of benzene rings is 4. The molecular weight excluding hydrogens is 468 g/mol. The number of rotatable bonds is 3. The van der Waals surface area contributed by atoms with Crippen molar-refractivity contribution in [1.82, 2.24) is 0 Å². The molecule has 0 aliphatic carbocycles. The fourth-order valence-corrected chi connectivity index (χ4v) is 7.46. The Morgan fingerprint density at radius 3 is 2.33 bits per heavy atom. The molecule has 1 spiro atoms. The standard InChI is InChI=1S/C30H30N2O3S/c1-19-14-15-27(20(2)16-19)36(33,34)31-25-17-21-18-30(35-28(21)23-11-7-6-10-22(23)25)29(3,4)24-12-8-9-13-26(24)32(30)5/h6-17,31H,18H2,1-5H3. The Kier molecular flexibility index (Phi) is 4.77. The molecule has 0 aromatic heterocycles. The van der Waals surface area contributed by atoms with Gasteiger partial charge in [0, 0.05) is 35.5 Å². The average molecular weight is 499 g/mol. The third kappa shape index (κ3) is 3.03. The Labute approximate surface area is 212 Å². The molecule has 2 heterocycles. The molecule has 0 amide bonds. The average Bonchev–Trinajstić information content (AvgIpc) is 3.31. The van der Waals surface area contributed by atoms with Gasteiger partial charge in [0.2, 0.25) is 0 Å². The van der Waals surface area contributed by atoms with E-state index in [0.717, 1.165) is 38.9 Å². The molecule has 6 heteroatoms. The maximum Gasteiger partial charge on any atom is 0.262 e. The van der Waals surface area contributed by atoms with Crippen LogP contribution in [-0.2, 0) is 21.9 Å². The molecule has 6 rings (SSSR count). The van der Waals surface area contributed by atoms with Crippen LogP contribution in [0.4, 0.5) is 11.4 Å². The zero-order valence-corrected chi connectivity index (χ0v) is 22.0. The van der Waals surface area contributed by atoms with Gasteiger partial charge in [-0.25, -0.2) is 8.42 Å². The number of sulfonamides is 1. The molecule has 4 aromatic rings. The minimum atomic E-state index is -3.78. The van der Waals surface area contributed by atoms with Crippen LogP contribution in [0.1, 0.15) is 36.1 Å². The molecule has 1 N–H and O–H groups in total. The quantitative estimate of drug-likeness (QED) is 0.359. The molecule has 1 unspecified atom stereocenters. The number of likely N-dealkylation sites (N-methyl/N-ethyl adjacent to an activating group) is 1. The van der Waals surface area contributed by atoms with Crippen LogP contribution < -0.4 is 14.4 Å². The van der Waals surface area contributed by atoms with E-state index in [-0.39, 0.29) is 10.3 Å². The Hall–Kier alpha value is -3.51. The van der Waals surface area contributed by atoms with Crippen molar-refractivity contribution >= 4 is 32.2 Å². The summed E-state index contributed by atoms with van der Waals surface area (Å²) in [5.74, 6) is 0.827. The van der Waals surface area contributed by atoms with E-state index in [4.69, 9.17) is 4.74 Å². The van der Waals surface area contributed by atoms with E-state index in [1.807, 2.05) is 56.3 Å². The van der Waals surface area contributed by atoms with Gasteiger partial charge in [0.05, 0.1) is 16.0 Å². The first kappa shape index (κ1) is 22.9. The van der Waals surface area contributed by atoms with Gasteiger partial charge in [-0.3, -0.25) is 4.72 Å². The maximum atomic E-state index is 13.5. The highest BCUT2D eigenvalue weighted by Crippen LogP contribution is 2.57.